The van der Waals surface area contributed by atoms with Gasteiger partial charge in [-0.1, -0.05) is 18.9 Å². The molecule has 5 rings (SSSR count). The van der Waals surface area contributed by atoms with Gasteiger partial charge < -0.3 is 19.9 Å². The molecule has 1 aromatic rings. The minimum atomic E-state index is -1.43. The third-order valence-electron chi connectivity index (χ3n) is 7.19. The van der Waals surface area contributed by atoms with E-state index in [2.05, 4.69) is 21.4 Å². The zero-order valence-electron chi connectivity index (χ0n) is 20.0. The van der Waals surface area contributed by atoms with Crippen molar-refractivity contribution in [3.05, 3.63) is 30.5 Å². The molecule has 0 bridgehead atoms. The second-order valence-electron chi connectivity index (χ2n) is 9.81. The first-order valence-corrected chi connectivity index (χ1v) is 12.0. The molecule has 1 saturated carbocycles. The Morgan fingerprint density at radius 2 is 2.17 bits per heavy atom. The first-order chi connectivity index (χ1) is 17.2. The smallest absolute Gasteiger partial charge is 0.273 e. The molecule has 1 aliphatic carbocycles. The number of nitrogens with one attached hydrogen (secondary N) is 1. The van der Waals surface area contributed by atoms with Crippen molar-refractivity contribution < 1.29 is 23.9 Å². The summed E-state index contributed by atoms with van der Waals surface area (Å²) in [5.41, 5.74) is -1.46. The Morgan fingerprint density at radius 1 is 1.39 bits per heavy atom. The summed E-state index contributed by atoms with van der Waals surface area (Å²) in [7, 11) is 1.51. The molecule has 186 valence electrons. The summed E-state index contributed by atoms with van der Waals surface area (Å²) in [6.45, 7) is 1.56. The van der Waals surface area contributed by atoms with E-state index in [4.69, 9.17) is 4.74 Å². The number of likely N-dealkylation sites (N-methyl/N-ethyl adjacent to an activating group) is 1. The van der Waals surface area contributed by atoms with Gasteiger partial charge in [0.15, 0.2) is 11.6 Å². The molecule has 11 nitrogen and oxygen atoms in total. The molecule has 4 heterocycles. The van der Waals surface area contributed by atoms with E-state index < -0.39 is 47.2 Å². The van der Waals surface area contributed by atoms with Gasteiger partial charge in [-0.25, -0.2) is 9.98 Å². The van der Waals surface area contributed by atoms with Gasteiger partial charge in [0.2, 0.25) is 11.5 Å². The summed E-state index contributed by atoms with van der Waals surface area (Å²) in [6, 6.07) is 3.67. The molecule has 4 aliphatic rings. The minimum Gasteiger partial charge on any atom is -0.472 e. The number of ether oxygens (including phenoxy) is 1. The van der Waals surface area contributed by atoms with E-state index in [1.807, 2.05) is 0 Å². The van der Waals surface area contributed by atoms with Crippen molar-refractivity contribution in [1.82, 2.24) is 14.8 Å². The maximum absolute atomic E-state index is 13.9. The van der Waals surface area contributed by atoms with Crippen LogP contribution in [0.2, 0.25) is 0 Å². The van der Waals surface area contributed by atoms with Gasteiger partial charge in [0.25, 0.3) is 17.7 Å². The molecule has 2 fully saturated rings. The van der Waals surface area contributed by atoms with E-state index >= 15 is 0 Å². The van der Waals surface area contributed by atoms with E-state index in [-0.39, 0.29) is 30.4 Å². The lowest BCUT2D eigenvalue weighted by Gasteiger charge is -2.35. The number of carbonyl (C=O) groups is 4. The molecule has 1 spiro atoms. The second kappa shape index (κ2) is 8.86. The predicted molar refractivity (Wildman–Crippen MR) is 127 cm³/mol. The number of fused-ring (bicyclic) bond motifs is 1. The summed E-state index contributed by atoms with van der Waals surface area (Å²) >= 11 is 0. The van der Waals surface area contributed by atoms with Gasteiger partial charge in [0, 0.05) is 19.7 Å². The largest absolute Gasteiger partial charge is 0.472 e. The number of pyridine rings is 1. The standard InChI is InChI=1S/C25H26N6O5/c1-14-5-8-17(28-21(14)32)22(33)30(2)18(10-15-6-7-15)23(34)31-13-25(11-16(31)12-26)24(35)29-20-19(36-25)4-3-9-27-20/h3-5,8-9,14-16,18H,6-7,10-11,13H2,1-2H3,(H,27,29,35). The highest BCUT2D eigenvalue weighted by molar-refractivity contribution is 6.45. The van der Waals surface area contributed by atoms with E-state index in [9.17, 15) is 24.4 Å². The van der Waals surface area contributed by atoms with Crippen LogP contribution in [0, 0.1) is 23.2 Å². The average molecular weight is 491 g/mol. The van der Waals surface area contributed by atoms with Crippen LogP contribution >= 0.6 is 0 Å². The Kier molecular flexibility index (Phi) is 5.82. The maximum Gasteiger partial charge on any atom is 0.273 e. The van der Waals surface area contributed by atoms with Gasteiger partial charge in [-0.3, -0.25) is 19.2 Å². The summed E-state index contributed by atoms with van der Waals surface area (Å²) in [5.74, 6) is -1.34. The van der Waals surface area contributed by atoms with Crippen LogP contribution in [-0.2, 0) is 19.2 Å². The molecular weight excluding hydrogens is 464 g/mol. The highest BCUT2D eigenvalue weighted by Gasteiger charge is 2.56. The summed E-state index contributed by atoms with van der Waals surface area (Å²) in [4.78, 5) is 62.7. The third-order valence-corrected chi connectivity index (χ3v) is 7.19. The fourth-order valence-corrected chi connectivity index (χ4v) is 4.81. The molecule has 1 aromatic heterocycles. The lowest BCUT2D eigenvalue weighted by Crippen LogP contribution is -2.55. The number of hydrogen-bond acceptors (Lipinski definition) is 7. The molecular formula is C25H26N6O5. The SMILES string of the molecule is CC1C=CC(C(=O)N(C)C(CC2CC2)C(=O)N2CC3(CC2C#N)Oc2cccnc2NC3=O)=NC1=O. The number of rotatable bonds is 5. The quantitative estimate of drug-likeness (QED) is 0.650. The number of likely N-dealkylation sites (tertiary alicyclic amines) is 1. The molecule has 3 aliphatic heterocycles. The van der Waals surface area contributed by atoms with Crippen LogP contribution in [-0.4, -0.2) is 75.4 Å². The molecule has 1 N–H and O–H groups in total. The van der Waals surface area contributed by atoms with E-state index in [1.54, 1.807) is 25.1 Å². The second-order valence-corrected chi connectivity index (χ2v) is 9.81. The number of dihydropyridines is 1. The molecule has 4 amide bonds. The normalized spacial score (nSPS) is 27.5. The van der Waals surface area contributed by atoms with Crippen molar-refractivity contribution in [3.8, 4) is 11.8 Å². The van der Waals surface area contributed by atoms with Crippen LogP contribution in [0.1, 0.15) is 32.6 Å². The van der Waals surface area contributed by atoms with Crippen molar-refractivity contribution in [2.75, 3.05) is 18.9 Å². The highest BCUT2D eigenvalue weighted by Crippen LogP contribution is 2.40. The van der Waals surface area contributed by atoms with Crippen molar-refractivity contribution in [3.63, 3.8) is 0 Å². The molecule has 36 heavy (non-hydrogen) atoms. The van der Waals surface area contributed by atoms with Crippen molar-refractivity contribution in [2.24, 2.45) is 16.8 Å². The predicted octanol–water partition coefficient (Wildman–Crippen LogP) is 1.08. The van der Waals surface area contributed by atoms with Crippen LogP contribution in [0.15, 0.2) is 35.5 Å². The van der Waals surface area contributed by atoms with Gasteiger partial charge in [-0.15, -0.1) is 0 Å². The fraction of sp³-hybridized carbons (Fsp3) is 0.480. The number of amides is 4. The number of nitriles is 1. The topological polar surface area (TPSA) is 145 Å². The highest BCUT2D eigenvalue weighted by atomic mass is 16.5. The molecule has 1 saturated heterocycles. The Morgan fingerprint density at radius 3 is 2.86 bits per heavy atom. The first kappa shape index (κ1) is 23.7. The molecule has 0 aromatic carbocycles. The van der Waals surface area contributed by atoms with Crippen LogP contribution in [0.3, 0.4) is 0 Å². The number of nitrogens with zero attached hydrogens (tertiary/aromatic N) is 5. The number of aromatic nitrogens is 1. The summed E-state index contributed by atoms with van der Waals surface area (Å²) in [6.07, 6.45) is 6.94. The molecule has 11 heteroatoms. The minimum absolute atomic E-state index is 0.00888. The van der Waals surface area contributed by atoms with Gasteiger partial charge in [0.05, 0.1) is 18.5 Å². The average Bonchev–Trinajstić information content (AvgIpc) is 3.62. The summed E-state index contributed by atoms with van der Waals surface area (Å²) in [5, 5.41) is 12.6. The van der Waals surface area contributed by atoms with Gasteiger partial charge in [-0.2, -0.15) is 5.26 Å². The van der Waals surface area contributed by atoms with Crippen LogP contribution < -0.4 is 10.1 Å². The van der Waals surface area contributed by atoms with Crippen LogP contribution in [0.4, 0.5) is 5.82 Å². The van der Waals surface area contributed by atoms with Crippen molar-refractivity contribution >= 4 is 35.2 Å². The van der Waals surface area contributed by atoms with Gasteiger partial charge >= 0.3 is 0 Å². The molecule has 0 radical (unpaired) electrons. The lowest BCUT2D eigenvalue weighted by molar-refractivity contribution is -0.143. The monoisotopic (exact) mass is 490 g/mol. The lowest BCUT2D eigenvalue weighted by atomic mass is 9.97. The first-order valence-electron chi connectivity index (χ1n) is 12.0. The molecule has 4 atom stereocenters. The van der Waals surface area contributed by atoms with Crippen molar-refractivity contribution in [2.45, 2.75) is 50.3 Å². The number of anilines is 1. The van der Waals surface area contributed by atoms with E-state index in [0.717, 1.165) is 12.8 Å². The number of hydrogen-bond donors (Lipinski definition) is 1. The van der Waals surface area contributed by atoms with Crippen LogP contribution in [0.25, 0.3) is 0 Å². The van der Waals surface area contributed by atoms with Gasteiger partial charge in [0.1, 0.15) is 17.8 Å². The Bertz CT molecular complexity index is 1250. The van der Waals surface area contributed by atoms with Crippen LogP contribution in [0.5, 0.6) is 5.75 Å². The van der Waals surface area contributed by atoms with Crippen molar-refractivity contribution in [1.29, 1.82) is 5.26 Å². The van der Waals surface area contributed by atoms with Gasteiger partial charge in [-0.05, 0) is 37.5 Å². The van der Waals surface area contributed by atoms with E-state index in [0.29, 0.717) is 12.2 Å². The van der Waals surface area contributed by atoms with E-state index in [1.165, 1.54) is 29.1 Å². The zero-order chi connectivity index (χ0) is 25.6. The maximum atomic E-state index is 13.9. The number of carbonyl (C=O) groups excluding carboxylic acids is 4. The number of aliphatic imine (C=N–C) groups is 1. The Labute approximate surface area is 207 Å². The Hall–Kier alpha value is -4.07. The Balaban J connectivity index is 1.40. The fourth-order valence-electron chi connectivity index (χ4n) is 4.81. The third kappa shape index (κ3) is 4.12. The summed E-state index contributed by atoms with van der Waals surface area (Å²) < 4.78 is 6.04. The zero-order valence-corrected chi connectivity index (χ0v) is 20.0. The molecule has 4 unspecified atom stereocenters.